The topological polar surface area (TPSA) is 0 Å². The van der Waals surface area contributed by atoms with Crippen LogP contribution in [0.5, 0.6) is 0 Å². The fraction of sp³-hybridized carbons (Fsp3) is 0.111. The van der Waals surface area contributed by atoms with Crippen LogP contribution in [0.4, 0.5) is 0 Å². The number of thiocarbonyl (C=S) groups is 1. The standard InChI is InChI=1S/C9H8S2/c10-7-3-5-8-4-1-2-6-9(8)11/h1-4,6,11H,5H2. The molecule has 0 radical (unpaired) electrons. The summed E-state index contributed by atoms with van der Waals surface area (Å²) in [6.45, 7) is 0. The van der Waals surface area contributed by atoms with Crippen molar-refractivity contribution in [2.75, 3.05) is 0 Å². The van der Waals surface area contributed by atoms with Crippen molar-refractivity contribution in [3.05, 3.63) is 35.9 Å². The summed E-state index contributed by atoms with van der Waals surface area (Å²) in [7, 11) is 0. The fourth-order valence-electron chi connectivity index (χ4n) is 0.835. The van der Waals surface area contributed by atoms with Gasteiger partial charge in [0.25, 0.3) is 0 Å². The number of allylic oxidation sites excluding steroid dienone is 1. The summed E-state index contributed by atoms with van der Waals surface area (Å²) in [5.74, 6) is 0. The quantitative estimate of drug-likeness (QED) is 0.539. The summed E-state index contributed by atoms with van der Waals surface area (Å²) >= 11 is 8.85. The van der Waals surface area contributed by atoms with Crippen molar-refractivity contribution in [1.29, 1.82) is 0 Å². The predicted octanol–water partition coefficient (Wildman–Crippen LogP) is 2.67. The lowest BCUT2D eigenvalue weighted by molar-refractivity contribution is 1.19. The van der Waals surface area contributed by atoms with Crippen LogP contribution in [-0.4, -0.2) is 5.02 Å². The molecule has 0 atom stereocenters. The van der Waals surface area contributed by atoms with Gasteiger partial charge in [-0.1, -0.05) is 23.2 Å². The molecule has 0 saturated carbocycles. The van der Waals surface area contributed by atoms with Crippen LogP contribution in [0.3, 0.4) is 0 Å². The molecule has 0 nitrogen and oxygen atoms in total. The summed E-state index contributed by atoms with van der Waals surface area (Å²) in [5.41, 5.74) is 1.19. The zero-order valence-corrected chi connectivity index (χ0v) is 7.66. The second-order valence-electron chi connectivity index (χ2n) is 2.15. The molecule has 0 aliphatic carbocycles. The Morgan fingerprint density at radius 3 is 2.82 bits per heavy atom. The van der Waals surface area contributed by atoms with Gasteiger partial charge < -0.3 is 0 Å². The smallest absolute Gasteiger partial charge is 0.00754 e. The van der Waals surface area contributed by atoms with E-state index in [4.69, 9.17) is 0 Å². The zero-order chi connectivity index (χ0) is 8.10. The molecule has 2 heteroatoms. The van der Waals surface area contributed by atoms with Crippen molar-refractivity contribution in [3.63, 3.8) is 0 Å². The van der Waals surface area contributed by atoms with Gasteiger partial charge in [-0.15, -0.1) is 12.6 Å². The Morgan fingerprint density at radius 1 is 1.45 bits per heavy atom. The highest BCUT2D eigenvalue weighted by Gasteiger charge is 1.92. The Hall–Kier alpha value is -0.560. The molecule has 56 valence electrons. The van der Waals surface area contributed by atoms with E-state index in [1.165, 1.54) is 5.56 Å². The first-order valence-corrected chi connectivity index (χ1v) is 4.16. The molecule has 11 heavy (non-hydrogen) atoms. The molecule has 1 rings (SSSR count). The van der Waals surface area contributed by atoms with Gasteiger partial charge in [-0.3, -0.25) is 0 Å². The van der Waals surface area contributed by atoms with E-state index in [1.54, 1.807) is 0 Å². The number of rotatable bonds is 2. The van der Waals surface area contributed by atoms with Gasteiger partial charge in [0.1, 0.15) is 0 Å². The van der Waals surface area contributed by atoms with Gasteiger partial charge in [0.05, 0.1) is 0 Å². The summed E-state index contributed by atoms with van der Waals surface area (Å²) in [6, 6.07) is 7.96. The highest BCUT2D eigenvalue weighted by Crippen LogP contribution is 2.12. The molecule has 0 spiro atoms. The summed E-state index contributed by atoms with van der Waals surface area (Å²) in [6.07, 6.45) is 2.65. The van der Waals surface area contributed by atoms with Crippen LogP contribution in [0.25, 0.3) is 0 Å². The maximum absolute atomic E-state index is 4.56. The van der Waals surface area contributed by atoms with E-state index in [2.05, 4.69) is 29.9 Å². The van der Waals surface area contributed by atoms with E-state index in [0.29, 0.717) is 0 Å². The first-order valence-electron chi connectivity index (χ1n) is 3.31. The first-order chi connectivity index (χ1) is 5.34. The van der Waals surface area contributed by atoms with Crippen LogP contribution in [0.15, 0.2) is 35.2 Å². The molecular formula is C9H8S2. The average molecular weight is 180 g/mol. The van der Waals surface area contributed by atoms with Gasteiger partial charge in [0.2, 0.25) is 0 Å². The van der Waals surface area contributed by atoms with Gasteiger partial charge in [0, 0.05) is 4.90 Å². The number of hydrogen-bond donors (Lipinski definition) is 1. The van der Waals surface area contributed by atoms with Gasteiger partial charge in [-0.25, -0.2) is 0 Å². The molecule has 0 saturated heterocycles. The summed E-state index contributed by atoms with van der Waals surface area (Å²) in [5, 5.41) is 2.57. The molecule has 1 aromatic rings. The van der Waals surface area contributed by atoms with Gasteiger partial charge in [-0.05, 0) is 36.3 Å². The maximum atomic E-state index is 4.56. The Morgan fingerprint density at radius 2 is 2.18 bits per heavy atom. The Bertz CT molecular complexity index is 285. The average Bonchev–Trinajstić information content (AvgIpc) is 2.03. The molecule has 0 aromatic heterocycles. The third-order valence-electron chi connectivity index (χ3n) is 1.40. The summed E-state index contributed by atoms with van der Waals surface area (Å²) in [4.78, 5) is 1.01. The van der Waals surface area contributed by atoms with Crippen LogP contribution in [0, 0.1) is 0 Å². The molecule has 0 aliphatic rings. The molecule has 0 heterocycles. The second kappa shape index (κ2) is 4.35. The molecule has 0 aliphatic heterocycles. The van der Waals surface area contributed by atoms with E-state index in [0.717, 1.165) is 11.3 Å². The predicted molar refractivity (Wildman–Crippen MR) is 54.6 cm³/mol. The normalized spacial score (nSPS) is 8.82. The Kier molecular flexibility index (Phi) is 3.37. The molecule has 0 fully saturated rings. The fourth-order valence-corrected chi connectivity index (χ4v) is 1.17. The van der Waals surface area contributed by atoms with Crippen molar-refractivity contribution in [3.8, 4) is 0 Å². The van der Waals surface area contributed by atoms with Gasteiger partial charge in [-0.2, -0.15) is 0 Å². The number of benzene rings is 1. The van der Waals surface area contributed by atoms with Crippen molar-refractivity contribution in [2.24, 2.45) is 0 Å². The highest BCUT2D eigenvalue weighted by molar-refractivity contribution is 7.80. The van der Waals surface area contributed by atoms with E-state index in [1.807, 2.05) is 30.3 Å². The molecule has 0 N–H and O–H groups in total. The maximum Gasteiger partial charge on any atom is 0.00754 e. The minimum absolute atomic E-state index is 0.823. The largest absolute Gasteiger partial charge is 0.143 e. The lowest BCUT2D eigenvalue weighted by atomic mass is 10.1. The minimum Gasteiger partial charge on any atom is -0.143 e. The molecule has 0 bridgehead atoms. The number of thiol groups is 1. The molecule has 0 unspecified atom stereocenters. The van der Waals surface area contributed by atoms with Crippen LogP contribution < -0.4 is 0 Å². The van der Waals surface area contributed by atoms with Crippen LogP contribution in [-0.2, 0) is 6.42 Å². The van der Waals surface area contributed by atoms with Crippen molar-refractivity contribution in [1.82, 2.24) is 0 Å². The van der Waals surface area contributed by atoms with Crippen molar-refractivity contribution < 1.29 is 0 Å². The van der Waals surface area contributed by atoms with E-state index in [-0.39, 0.29) is 0 Å². The van der Waals surface area contributed by atoms with Crippen molar-refractivity contribution in [2.45, 2.75) is 11.3 Å². The lowest BCUT2D eigenvalue weighted by Gasteiger charge is -1.98. The second-order valence-corrected chi connectivity index (χ2v) is 2.87. The Labute approximate surface area is 77.4 Å². The summed E-state index contributed by atoms with van der Waals surface area (Å²) < 4.78 is 0. The van der Waals surface area contributed by atoms with Gasteiger partial charge in [0.15, 0.2) is 0 Å². The van der Waals surface area contributed by atoms with Crippen molar-refractivity contribution >= 4 is 29.9 Å². The monoisotopic (exact) mass is 180 g/mol. The molecular weight excluding hydrogens is 172 g/mol. The third-order valence-corrected chi connectivity index (χ3v) is 2.00. The third kappa shape index (κ3) is 2.51. The van der Waals surface area contributed by atoms with Crippen LogP contribution in [0.2, 0.25) is 0 Å². The lowest BCUT2D eigenvalue weighted by Crippen LogP contribution is -1.81. The molecule has 1 aromatic carbocycles. The van der Waals surface area contributed by atoms with E-state index in [9.17, 15) is 0 Å². The van der Waals surface area contributed by atoms with Gasteiger partial charge >= 0.3 is 0 Å². The first kappa shape index (κ1) is 8.54. The minimum atomic E-state index is 0.823. The van der Waals surface area contributed by atoms with E-state index < -0.39 is 0 Å². The SMILES string of the molecule is S=C=CCc1ccccc1S. The van der Waals surface area contributed by atoms with E-state index >= 15 is 0 Å². The van der Waals surface area contributed by atoms with Crippen LogP contribution >= 0.6 is 24.8 Å². The number of hydrogen-bond acceptors (Lipinski definition) is 2. The highest BCUT2D eigenvalue weighted by atomic mass is 32.1. The Balaban J connectivity index is 2.85. The van der Waals surface area contributed by atoms with Crippen LogP contribution in [0.1, 0.15) is 5.56 Å². The zero-order valence-electron chi connectivity index (χ0n) is 5.95. The molecule has 0 amide bonds.